The largest absolute Gasteiger partial charge is 0.497 e. The zero-order valence-electron chi connectivity index (χ0n) is 10.8. The average molecular weight is 337 g/mol. The molecule has 0 aliphatic rings. The first kappa shape index (κ1) is 14.4. The molecule has 0 atom stereocenters. The highest BCUT2D eigenvalue weighted by molar-refractivity contribution is 9.10. The van der Waals surface area contributed by atoms with E-state index >= 15 is 0 Å². The number of carboxylic acids is 1. The third-order valence-corrected chi connectivity index (χ3v) is 3.26. The van der Waals surface area contributed by atoms with E-state index in [9.17, 15) is 4.79 Å². The molecule has 0 spiro atoms. The first-order chi connectivity index (χ1) is 9.60. The van der Waals surface area contributed by atoms with E-state index < -0.39 is 5.97 Å². The third-order valence-electron chi connectivity index (χ3n) is 2.73. The van der Waals surface area contributed by atoms with Gasteiger partial charge in [-0.15, -0.1) is 0 Å². The fourth-order valence-corrected chi connectivity index (χ4v) is 1.93. The van der Waals surface area contributed by atoms with Crippen LogP contribution in [0.4, 0.5) is 0 Å². The molecular weight excluding hydrogens is 324 g/mol. The average Bonchev–Trinajstić information content (AvgIpc) is 2.46. The number of rotatable bonds is 5. The molecule has 0 amide bonds. The van der Waals surface area contributed by atoms with Crippen molar-refractivity contribution in [3.8, 4) is 11.5 Å². The van der Waals surface area contributed by atoms with E-state index in [1.54, 1.807) is 12.1 Å². The smallest absolute Gasteiger partial charge is 0.339 e. The fraction of sp³-hybridized carbons (Fsp3) is 0.133. The van der Waals surface area contributed by atoms with Gasteiger partial charge in [-0.05, 0) is 29.8 Å². The van der Waals surface area contributed by atoms with Crippen molar-refractivity contribution in [1.82, 2.24) is 0 Å². The Bertz CT molecular complexity index is 608. The highest BCUT2D eigenvalue weighted by atomic mass is 79.9. The SMILES string of the molecule is COc1ccc(C(=O)O)c(OCc2ccc(Br)cc2)c1. The second-order valence-electron chi connectivity index (χ2n) is 4.08. The molecule has 2 rings (SSSR count). The van der Waals surface area contributed by atoms with Crippen LogP contribution in [0, 0.1) is 0 Å². The number of aromatic carboxylic acids is 1. The lowest BCUT2D eigenvalue weighted by molar-refractivity contribution is 0.0691. The van der Waals surface area contributed by atoms with Crippen molar-refractivity contribution in [2.75, 3.05) is 7.11 Å². The molecule has 0 saturated heterocycles. The Morgan fingerprint density at radius 3 is 2.50 bits per heavy atom. The molecule has 0 heterocycles. The van der Waals surface area contributed by atoms with Gasteiger partial charge >= 0.3 is 5.97 Å². The summed E-state index contributed by atoms with van der Waals surface area (Å²) in [5, 5.41) is 9.14. The zero-order valence-corrected chi connectivity index (χ0v) is 12.4. The number of ether oxygens (including phenoxy) is 2. The molecule has 0 radical (unpaired) electrons. The fourth-order valence-electron chi connectivity index (χ4n) is 1.67. The molecule has 5 heteroatoms. The summed E-state index contributed by atoms with van der Waals surface area (Å²) in [5.41, 5.74) is 1.07. The number of carboxylic acid groups (broad SMARTS) is 1. The van der Waals surface area contributed by atoms with Gasteiger partial charge in [-0.3, -0.25) is 0 Å². The van der Waals surface area contributed by atoms with E-state index in [2.05, 4.69) is 15.9 Å². The maximum Gasteiger partial charge on any atom is 0.339 e. The first-order valence-electron chi connectivity index (χ1n) is 5.88. The summed E-state index contributed by atoms with van der Waals surface area (Å²) in [4.78, 5) is 11.2. The summed E-state index contributed by atoms with van der Waals surface area (Å²) in [6.45, 7) is 0.292. The van der Waals surface area contributed by atoms with Crippen molar-refractivity contribution in [1.29, 1.82) is 0 Å². The molecule has 2 aromatic carbocycles. The van der Waals surface area contributed by atoms with E-state index in [1.807, 2.05) is 24.3 Å². The molecule has 4 nitrogen and oxygen atoms in total. The van der Waals surface area contributed by atoms with Crippen LogP contribution in [0.3, 0.4) is 0 Å². The van der Waals surface area contributed by atoms with Crippen LogP contribution in [-0.4, -0.2) is 18.2 Å². The van der Waals surface area contributed by atoms with Gasteiger partial charge in [0.05, 0.1) is 7.11 Å². The Morgan fingerprint density at radius 2 is 1.90 bits per heavy atom. The first-order valence-corrected chi connectivity index (χ1v) is 6.68. The van der Waals surface area contributed by atoms with Gasteiger partial charge in [-0.1, -0.05) is 28.1 Å². The maximum atomic E-state index is 11.2. The van der Waals surface area contributed by atoms with E-state index in [-0.39, 0.29) is 5.56 Å². The van der Waals surface area contributed by atoms with Crippen molar-refractivity contribution < 1.29 is 19.4 Å². The summed E-state index contributed by atoms with van der Waals surface area (Å²) in [6, 6.07) is 12.3. The van der Waals surface area contributed by atoms with E-state index in [4.69, 9.17) is 14.6 Å². The minimum Gasteiger partial charge on any atom is -0.497 e. The lowest BCUT2D eigenvalue weighted by Crippen LogP contribution is -2.03. The van der Waals surface area contributed by atoms with Crippen LogP contribution in [0.1, 0.15) is 15.9 Å². The van der Waals surface area contributed by atoms with E-state index in [1.165, 1.54) is 13.2 Å². The lowest BCUT2D eigenvalue weighted by atomic mass is 10.2. The van der Waals surface area contributed by atoms with Crippen LogP contribution in [0.15, 0.2) is 46.9 Å². The Labute approximate surface area is 125 Å². The van der Waals surface area contributed by atoms with Gasteiger partial charge < -0.3 is 14.6 Å². The van der Waals surface area contributed by atoms with Gasteiger partial charge in [-0.2, -0.15) is 0 Å². The molecule has 0 unspecified atom stereocenters. The highest BCUT2D eigenvalue weighted by Gasteiger charge is 2.12. The van der Waals surface area contributed by atoms with E-state index in [0.717, 1.165) is 10.0 Å². The molecule has 0 saturated carbocycles. The predicted octanol–water partition coefficient (Wildman–Crippen LogP) is 3.73. The molecule has 1 N–H and O–H groups in total. The normalized spacial score (nSPS) is 10.1. The minimum absolute atomic E-state index is 0.114. The molecule has 0 fully saturated rings. The second kappa shape index (κ2) is 6.43. The van der Waals surface area contributed by atoms with Gasteiger partial charge in [0, 0.05) is 10.5 Å². The minimum atomic E-state index is -1.03. The molecule has 0 bridgehead atoms. The summed E-state index contributed by atoms with van der Waals surface area (Å²) >= 11 is 3.36. The van der Waals surface area contributed by atoms with Crippen molar-refractivity contribution in [2.45, 2.75) is 6.61 Å². The number of halogens is 1. The Kier molecular flexibility index (Phi) is 4.63. The number of methoxy groups -OCH3 is 1. The standard InChI is InChI=1S/C15H13BrO4/c1-19-12-6-7-13(15(17)18)14(8-12)20-9-10-2-4-11(16)5-3-10/h2-8H,9H2,1H3,(H,17,18). The Hall–Kier alpha value is -2.01. The molecule has 0 aliphatic heterocycles. The van der Waals surface area contributed by atoms with Gasteiger partial charge in [0.25, 0.3) is 0 Å². The van der Waals surface area contributed by atoms with Crippen LogP contribution in [0.25, 0.3) is 0 Å². The molecular formula is C15H13BrO4. The molecule has 20 heavy (non-hydrogen) atoms. The highest BCUT2D eigenvalue weighted by Crippen LogP contribution is 2.26. The monoisotopic (exact) mass is 336 g/mol. The van der Waals surface area contributed by atoms with Crippen LogP contribution in [0.5, 0.6) is 11.5 Å². The molecule has 104 valence electrons. The molecule has 0 aliphatic carbocycles. The summed E-state index contributed by atoms with van der Waals surface area (Å²) in [5.74, 6) is -0.181. The molecule has 2 aromatic rings. The molecule has 0 aromatic heterocycles. The number of hydrogen-bond acceptors (Lipinski definition) is 3. The summed E-state index contributed by atoms with van der Waals surface area (Å²) < 4.78 is 11.6. The van der Waals surface area contributed by atoms with Crippen LogP contribution < -0.4 is 9.47 Å². The van der Waals surface area contributed by atoms with Crippen molar-refractivity contribution in [3.05, 3.63) is 58.1 Å². The number of benzene rings is 2. The van der Waals surface area contributed by atoms with Crippen molar-refractivity contribution in [2.24, 2.45) is 0 Å². The maximum absolute atomic E-state index is 11.2. The number of carbonyl (C=O) groups is 1. The van der Waals surface area contributed by atoms with Crippen molar-refractivity contribution in [3.63, 3.8) is 0 Å². The van der Waals surface area contributed by atoms with Gasteiger partial charge in [-0.25, -0.2) is 4.79 Å². The van der Waals surface area contributed by atoms with Crippen LogP contribution in [-0.2, 0) is 6.61 Å². The quantitative estimate of drug-likeness (QED) is 0.903. The lowest BCUT2D eigenvalue weighted by Gasteiger charge is -2.11. The predicted molar refractivity (Wildman–Crippen MR) is 78.4 cm³/mol. The third kappa shape index (κ3) is 3.51. The van der Waals surface area contributed by atoms with Gasteiger partial charge in [0.1, 0.15) is 23.7 Å². The van der Waals surface area contributed by atoms with Gasteiger partial charge in [0.15, 0.2) is 0 Å². The van der Waals surface area contributed by atoms with Crippen LogP contribution >= 0.6 is 15.9 Å². The Balaban J connectivity index is 2.18. The summed E-state index contributed by atoms with van der Waals surface area (Å²) in [7, 11) is 1.52. The van der Waals surface area contributed by atoms with Crippen molar-refractivity contribution >= 4 is 21.9 Å². The van der Waals surface area contributed by atoms with E-state index in [0.29, 0.717) is 18.1 Å². The Morgan fingerprint density at radius 1 is 1.20 bits per heavy atom. The van der Waals surface area contributed by atoms with Gasteiger partial charge in [0.2, 0.25) is 0 Å². The summed E-state index contributed by atoms with van der Waals surface area (Å²) in [6.07, 6.45) is 0. The number of hydrogen-bond donors (Lipinski definition) is 1. The second-order valence-corrected chi connectivity index (χ2v) is 5.00. The zero-order chi connectivity index (χ0) is 14.5. The topological polar surface area (TPSA) is 55.8 Å². The van der Waals surface area contributed by atoms with Crippen LogP contribution in [0.2, 0.25) is 0 Å².